The summed E-state index contributed by atoms with van der Waals surface area (Å²) in [6.45, 7) is 1.42. The molecule has 1 fully saturated rings. The Morgan fingerprint density at radius 2 is 2.12 bits per heavy atom. The van der Waals surface area contributed by atoms with Crippen molar-refractivity contribution in [3.63, 3.8) is 0 Å². The molecule has 1 saturated heterocycles. The molecule has 1 aliphatic rings. The fraction of sp³-hybridized carbons (Fsp3) is 1.00. The van der Waals surface area contributed by atoms with Gasteiger partial charge in [0.1, 0.15) is 0 Å². The average molecular weight is 262 g/mol. The summed E-state index contributed by atoms with van der Waals surface area (Å²) in [5.74, 6) is 0. The molecule has 0 aromatic carbocycles. The molecule has 0 radical (unpaired) electrons. The normalized spacial score (nSPS) is 23.3. The van der Waals surface area contributed by atoms with E-state index in [9.17, 15) is 21.6 Å². The van der Waals surface area contributed by atoms with Crippen molar-refractivity contribution in [2.45, 2.75) is 18.0 Å². The number of hydrogen-bond acceptors (Lipinski definition) is 4. The third-order valence-electron chi connectivity index (χ3n) is 2.07. The van der Waals surface area contributed by atoms with Gasteiger partial charge in [0.2, 0.25) is 0 Å². The number of hydrogen-bond donors (Lipinski definition) is 2. The van der Waals surface area contributed by atoms with Crippen LogP contribution in [0.1, 0.15) is 6.42 Å². The average Bonchev–Trinajstić information content (AvgIpc) is 2.17. The summed E-state index contributed by atoms with van der Waals surface area (Å²) in [7, 11) is -5.22. The molecule has 1 aliphatic heterocycles. The lowest BCUT2D eigenvalue weighted by Gasteiger charge is -2.23. The zero-order chi connectivity index (χ0) is 12.2. The molecule has 9 heteroatoms. The maximum absolute atomic E-state index is 11.9. The topological polar surface area (TPSA) is 67.4 Å². The van der Waals surface area contributed by atoms with Gasteiger partial charge in [-0.15, -0.1) is 0 Å². The second kappa shape index (κ2) is 5.30. The largest absolute Gasteiger partial charge is 0.511 e. The Bertz CT molecular complexity index is 311. The smallest absolute Gasteiger partial charge is 0.376 e. The molecule has 0 spiro atoms. The molecule has 0 amide bonds. The van der Waals surface area contributed by atoms with Crippen LogP contribution >= 0.6 is 0 Å². The van der Waals surface area contributed by atoms with Gasteiger partial charge in [-0.05, 0) is 6.42 Å². The Balaban J connectivity index is 2.29. The Kier molecular flexibility index (Phi) is 4.53. The van der Waals surface area contributed by atoms with Gasteiger partial charge in [-0.1, -0.05) is 0 Å². The van der Waals surface area contributed by atoms with Crippen molar-refractivity contribution in [3.05, 3.63) is 0 Å². The first-order chi connectivity index (χ1) is 7.33. The van der Waals surface area contributed by atoms with E-state index in [1.165, 1.54) is 4.72 Å². The van der Waals surface area contributed by atoms with Gasteiger partial charge in [0.15, 0.2) is 0 Å². The molecule has 0 aromatic heterocycles. The highest BCUT2D eigenvalue weighted by Crippen LogP contribution is 2.21. The third kappa shape index (κ3) is 3.89. The molecule has 0 aliphatic carbocycles. The second-order valence-corrected chi connectivity index (χ2v) is 5.09. The first-order valence-electron chi connectivity index (χ1n) is 4.71. The van der Waals surface area contributed by atoms with Crippen LogP contribution in [0.25, 0.3) is 0 Å². The second-order valence-electron chi connectivity index (χ2n) is 3.33. The molecule has 0 saturated carbocycles. The Morgan fingerprint density at radius 3 is 2.62 bits per heavy atom. The van der Waals surface area contributed by atoms with Crippen LogP contribution in [0.5, 0.6) is 0 Å². The number of alkyl halides is 3. The molecule has 96 valence electrons. The summed E-state index contributed by atoms with van der Waals surface area (Å²) in [6.07, 6.45) is -0.0350. The third-order valence-corrected chi connectivity index (χ3v) is 3.26. The molecule has 5 nitrogen and oxygen atoms in total. The summed E-state index contributed by atoms with van der Waals surface area (Å²) >= 11 is 0. The van der Waals surface area contributed by atoms with E-state index in [0.29, 0.717) is 19.7 Å². The molecule has 16 heavy (non-hydrogen) atoms. The van der Waals surface area contributed by atoms with Gasteiger partial charge in [0.25, 0.3) is 0 Å². The van der Waals surface area contributed by atoms with Crippen LogP contribution in [0, 0.1) is 0 Å². The van der Waals surface area contributed by atoms with Crippen LogP contribution in [-0.4, -0.2) is 46.3 Å². The SMILES string of the molecule is O=S(=O)(NCCC1CNCCO1)C(F)(F)F. The van der Waals surface area contributed by atoms with Crippen molar-refractivity contribution < 1.29 is 26.3 Å². The van der Waals surface area contributed by atoms with E-state index in [1.807, 2.05) is 0 Å². The summed E-state index contributed by atoms with van der Waals surface area (Å²) in [5.41, 5.74) is -5.25. The van der Waals surface area contributed by atoms with Gasteiger partial charge >= 0.3 is 15.5 Å². The minimum atomic E-state index is -5.25. The Morgan fingerprint density at radius 1 is 1.44 bits per heavy atom. The standard InChI is InChI=1S/C7H13F3N2O3S/c8-7(9,10)16(13,14)12-2-1-6-5-11-3-4-15-6/h6,11-12H,1-5H2. The lowest BCUT2D eigenvalue weighted by molar-refractivity contribution is -0.0449. The highest BCUT2D eigenvalue weighted by molar-refractivity contribution is 7.90. The van der Waals surface area contributed by atoms with E-state index in [-0.39, 0.29) is 19.1 Å². The zero-order valence-electron chi connectivity index (χ0n) is 8.38. The molecule has 2 N–H and O–H groups in total. The Hall–Kier alpha value is -0.380. The summed E-state index contributed by atoms with van der Waals surface area (Å²) in [6, 6.07) is 0. The van der Waals surface area contributed by atoms with Gasteiger partial charge < -0.3 is 10.1 Å². The lowest BCUT2D eigenvalue weighted by atomic mass is 10.2. The summed E-state index contributed by atoms with van der Waals surface area (Å²) < 4.78 is 63.6. The number of rotatable bonds is 4. The zero-order valence-corrected chi connectivity index (χ0v) is 9.20. The summed E-state index contributed by atoms with van der Waals surface area (Å²) in [4.78, 5) is 0. The van der Waals surface area contributed by atoms with Crippen LogP contribution in [-0.2, 0) is 14.8 Å². The fourth-order valence-corrected chi connectivity index (χ4v) is 1.79. The van der Waals surface area contributed by atoms with Crippen molar-refractivity contribution >= 4 is 10.0 Å². The first kappa shape index (κ1) is 13.7. The molecule has 1 atom stereocenters. The van der Waals surface area contributed by atoms with E-state index < -0.39 is 15.5 Å². The van der Waals surface area contributed by atoms with Gasteiger partial charge in [-0.2, -0.15) is 13.2 Å². The number of halogens is 3. The first-order valence-corrected chi connectivity index (χ1v) is 6.19. The number of morpholine rings is 1. The van der Waals surface area contributed by atoms with Gasteiger partial charge in [-0.3, -0.25) is 0 Å². The minimum absolute atomic E-state index is 0.211. The monoisotopic (exact) mass is 262 g/mol. The molecular weight excluding hydrogens is 249 g/mol. The highest BCUT2D eigenvalue weighted by Gasteiger charge is 2.45. The number of nitrogens with one attached hydrogen (secondary N) is 2. The molecular formula is C7H13F3N2O3S. The molecule has 1 unspecified atom stereocenters. The van der Waals surface area contributed by atoms with Gasteiger partial charge in [0.05, 0.1) is 12.7 Å². The fourth-order valence-electron chi connectivity index (χ4n) is 1.24. The number of ether oxygens (including phenoxy) is 1. The van der Waals surface area contributed by atoms with E-state index in [4.69, 9.17) is 4.74 Å². The minimum Gasteiger partial charge on any atom is -0.376 e. The molecule has 1 heterocycles. The quantitative estimate of drug-likeness (QED) is 0.736. The predicted octanol–water partition coefficient (Wildman–Crippen LogP) is -0.196. The van der Waals surface area contributed by atoms with Gasteiger partial charge in [-0.25, -0.2) is 13.1 Å². The van der Waals surface area contributed by atoms with Crippen molar-refractivity contribution in [1.29, 1.82) is 0 Å². The van der Waals surface area contributed by atoms with Crippen molar-refractivity contribution in [2.24, 2.45) is 0 Å². The van der Waals surface area contributed by atoms with Crippen molar-refractivity contribution in [2.75, 3.05) is 26.2 Å². The van der Waals surface area contributed by atoms with Gasteiger partial charge in [0, 0.05) is 19.6 Å². The van der Waals surface area contributed by atoms with E-state index in [1.54, 1.807) is 0 Å². The van der Waals surface area contributed by atoms with Crippen molar-refractivity contribution in [1.82, 2.24) is 10.0 Å². The molecule has 0 aromatic rings. The van der Waals surface area contributed by atoms with Crippen LogP contribution in [0.3, 0.4) is 0 Å². The van der Waals surface area contributed by atoms with Crippen LogP contribution < -0.4 is 10.0 Å². The maximum atomic E-state index is 11.9. The molecule has 0 bridgehead atoms. The maximum Gasteiger partial charge on any atom is 0.511 e. The lowest BCUT2D eigenvalue weighted by Crippen LogP contribution is -2.42. The van der Waals surface area contributed by atoms with E-state index >= 15 is 0 Å². The van der Waals surface area contributed by atoms with E-state index in [0.717, 1.165) is 0 Å². The molecule has 1 rings (SSSR count). The number of sulfonamides is 1. The summed E-state index contributed by atoms with van der Waals surface area (Å²) in [5, 5.41) is 2.99. The predicted molar refractivity (Wildman–Crippen MR) is 50.2 cm³/mol. The Labute approximate surface area is 91.4 Å². The van der Waals surface area contributed by atoms with Crippen LogP contribution in [0.15, 0.2) is 0 Å². The van der Waals surface area contributed by atoms with E-state index in [2.05, 4.69) is 5.32 Å². The van der Waals surface area contributed by atoms with Crippen molar-refractivity contribution in [3.8, 4) is 0 Å². The van der Waals surface area contributed by atoms with Crippen LogP contribution in [0.4, 0.5) is 13.2 Å². The highest BCUT2D eigenvalue weighted by atomic mass is 32.2. The van der Waals surface area contributed by atoms with Crippen LogP contribution in [0.2, 0.25) is 0 Å².